The molecule has 0 saturated carbocycles. The lowest BCUT2D eigenvalue weighted by molar-refractivity contribution is 0.361. The molecule has 0 bridgehead atoms. The molecule has 0 aliphatic rings. The van der Waals surface area contributed by atoms with Gasteiger partial charge in [0.25, 0.3) is 0 Å². The second-order valence-corrected chi connectivity index (χ2v) is 4.75. The van der Waals surface area contributed by atoms with Crippen LogP contribution >= 0.6 is 0 Å². The minimum absolute atomic E-state index is 0.0408. The van der Waals surface area contributed by atoms with Crippen molar-refractivity contribution in [2.45, 2.75) is 19.5 Å². The maximum atomic E-state index is 9.51. The molecule has 2 N–H and O–H groups in total. The van der Waals surface area contributed by atoms with Crippen LogP contribution in [-0.2, 0) is 6.54 Å². The molecule has 0 aliphatic carbocycles. The van der Waals surface area contributed by atoms with Gasteiger partial charge in [0.2, 0.25) is 0 Å². The van der Waals surface area contributed by atoms with Gasteiger partial charge in [-0.3, -0.25) is 0 Å². The zero-order valence-electron chi connectivity index (χ0n) is 11.9. The van der Waals surface area contributed by atoms with Crippen LogP contribution in [0, 0.1) is 11.3 Å². The number of aromatic hydroxyl groups is 1. The molecule has 1 unspecified atom stereocenters. The minimum atomic E-state index is 0.0408. The van der Waals surface area contributed by atoms with Crippen LogP contribution in [0.15, 0.2) is 48.5 Å². The van der Waals surface area contributed by atoms with Crippen molar-refractivity contribution in [1.29, 1.82) is 5.26 Å². The molecule has 0 aliphatic heterocycles. The summed E-state index contributed by atoms with van der Waals surface area (Å²) in [6.45, 7) is 2.70. The molecular weight excluding hydrogens is 264 g/mol. The van der Waals surface area contributed by atoms with Crippen molar-refractivity contribution < 1.29 is 9.84 Å². The number of ether oxygens (including phenoxy) is 1. The van der Waals surface area contributed by atoms with Crippen molar-refractivity contribution in [1.82, 2.24) is 5.32 Å². The highest BCUT2D eigenvalue weighted by molar-refractivity contribution is 5.34. The van der Waals surface area contributed by atoms with E-state index < -0.39 is 0 Å². The molecule has 0 fully saturated rings. The fraction of sp³-hybridized carbons (Fsp3) is 0.235. The molecule has 2 aromatic rings. The SMILES string of the molecule is CC(NCc1ccccc1OCC#N)c1cccc(O)c1. The molecule has 2 rings (SSSR count). The Bertz CT molecular complexity index is 635. The van der Waals surface area contributed by atoms with Crippen molar-refractivity contribution in [3.8, 4) is 17.6 Å². The smallest absolute Gasteiger partial charge is 0.174 e. The third-order valence-electron chi connectivity index (χ3n) is 3.23. The maximum Gasteiger partial charge on any atom is 0.174 e. The Morgan fingerprint density at radius 1 is 1.24 bits per heavy atom. The Labute approximate surface area is 124 Å². The Morgan fingerprint density at radius 2 is 2.05 bits per heavy atom. The molecule has 1 atom stereocenters. The van der Waals surface area contributed by atoms with Gasteiger partial charge in [0.15, 0.2) is 6.61 Å². The van der Waals surface area contributed by atoms with Crippen LogP contribution in [0.2, 0.25) is 0 Å². The zero-order valence-corrected chi connectivity index (χ0v) is 11.9. The average Bonchev–Trinajstić information content (AvgIpc) is 2.51. The van der Waals surface area contributed by atoms with Gasteiger partial charge in [0, 0.05) is 18.2 Å². The summed E-state index contributed by atoms with van der Waals surface area (Å²) in [6, 6.07) is 16.9. The summed E-state index contributed by atoms with van der Waals surface area (Å²) < 4.78 is 5.40. The van der Waals surface area contributed by atoms with Gasteiger partial charge in [-0.2, -0.15) is 5.26 Å². The molecule has 0 amide bonds. The zero-order chi connectivity index (χ0) is 15.1. The van der Waals surface area contributed by atoms with E-state index in [2.05, 4.69) is 5.32 Å². The van der Waals surface area contributed by atoms with E-state index in [0.717, 1.165) is 16.9 Å². The third kappa shape index (κ3) is 4.23. The lowest BCUT2D eigenvalue weighted by Crippen LogP contribution is -2.18. The summed E-state index contributed by atoms with van der Waals surface area (Å²) >= 11 is 0. The first-order valence-corrected chi connectivity index (χ1v) is 6.80. The average molecular weight is 282 g/mol. The Balaban J connectivity index is 2.01. The van der Waals surface area contributed by atoms with Crippen molar-refractivity contribution in [3.05, 3.63) is 59.7 Å². The number of phenols is 1. The molecule has 0 spiro atoms. The first-order chi connectivity index (χ1) is 10.2. The highest BCUT2D eigenvalue weighted by Gasteiger charge is 2.08. The van der Waals surface area contributed by atoms with Gasteiger partial charge in [0.05, 0.1) is 0 Å². The van der Waals surface area contributed by atoms with Crippen LogP contribution in [0.1, 0.15) is 24.1 Å². The fourth-order valence-electron chi connectivity index (χ4n) is 2.08. The van der Waals surface area contributed by atoms with Crippen molar-refractivity contribution >= 4 is 0 Å². The number of rotatable bonds is 6. The Kier molecular flexibility index (Phi) is 5.19. The monoisotopic (exact) mass is 282 g/mol. The largest absolute Gasteiger partial charge is 0.508 e. The Hall–Kier alpha value is -2.51. The van der Waals surface area contributed by atoms with Gasteiger partial charge in [-0.1, -0.05) is 30.3 Å². The van der Waals surface area contributed by atoms with Gasteiger partial charge < -0.3 is 15.2 Å². The van der Waals surface area contributed by atoms with E-state index in [9.17, 15) is 5.11 Å². The van der Waals surface area contributed by atoms with E-state index in [4.69, 9.17) is 10.00 Å². The minimum Gasteiger partial charge on any atom is -0.508 e. The van der Waals surface area contributed by atoms with Crippen LogP contribution in [0.25, 0.3) is 0 Å². The summed E-state index contributed by atoms with van der Waals surface area (Å²) in [6.07, 6.45) is 0. The van der Waals surface area contributed by atoms with Gasteiger partial charge >= 0.3 is 0 Å². The second-order valence-electron chi connectivity index (χ2n) is 4.75. The van der Waals surface area contributed by atoms with Crippen molar-refractivity contribution in [3.63, 3.8) is 0 Å². The standard InChI is InChI=1S/C17H18N2O2/c1-13(14-6-4-7-16(20)11-14)19-12-15-5-2-3-8-17(15)21-10-9-18/h2-8,11,13,19-20H,10,12H2,1H3. The van der Waals surface area contributed by atoms with E-state index >= 15 is 0 Å². The van der Waals surface area contributed by atoms with Gasteiger partial charge in [-0.15, -0.1) is 0 Å². The third-order valence-corrected chi connectivity index (χ3v) is 3.23. The summed E-state index contributed by atoms with van der Waals surface area (Å²) in [4.78, 5) is 0. The summed E-state index contributed by atoms with van der Waals surface area (Å²) in [7, 11) is 0. The number of nitrogens with zero attached hydrogens (tertiary/aromatic N) is 1. The summed E-state index contributed by atoms with van der Waals surface area (Å²) in [5.41, 5.74) is 2.02. The van der Waals surface area contributed by atoms with E-state index in [0.29, 0.717) is 6.54 Å². The molecule has 108 valence electrons. The number of hydrogen-bond acceptors (Lipinski definition) is 4. The molecule has 21 heavy (non-hydrogen) atoms. The van der Waals surface area contributed by atoms with E-state index in [1.54, 1.807) is 12.1 Å². The molecule has 0 aromatic heterocycles. The van der Waals surface area contributed by atoms with E-state index in [-0.39, 0.29) is 18.4 Å². The predicted octanol–water partition coefficient (Wildman–Crippen LogP) is 3.15. The fourth-order valence-corrected chi connectivity index (χ4v) is 2.08. The van der Waals surface area contributed by atoms with E-state index in [1.807, 2.05) is 49.4 Å². The molecule has 0 radical (unpaired) electrons. The highest BCUT2D eigenvalue weighted by Crippen LogP contribution is 2.21. The number of hydrogen-bond donors (Lipinski definition) is 2. The van der Waals surface area contributed by atoms with Crippen LogP contribution in [0.3, 0.4) is 0 Å². The molecule has 4 nitrogen and oxygen atoms in total. The molecular formula is C17H18N2O2. The quantitative estimate of drug-likeness (QED) is 0.854. The van der Waals surface area contributed by atoms with Crippen molar-refractivity contribution in [2.75, 3.05) is 6.61 Å². The number of phenolic OH excluding ortho intramolecular Hbond substituents is 1. The van der Waals surface area contributed by atoms with Gasteiger partial charge in [-0.05, 0) is 30.7 Å². The second kappa shape index (κ2) is 7.32. The Morgan fingerprint density at radius 3 is 2.81 bits per heavy atom. The van der Waals surface area contributed by atoms with Gasteiger partial charge in [0.1, 0.15) is 17.6 Å². The maximum absolute atomic E-state index is 9.51. The van der Waals surface area contributed by atoms with E-state index in [1.165, 1.54) is 0 Å². The lowest BCUT2D eigenvalue weighted by atomic mass is 10.1. The number of benzene rings is 2. The molecule has 2 aromatic carbocycles. The molecule has 0 saturated heterocycles. The normalized spacial score (nSPS) is 11.6. The van der Waals surface area contributed by atoms with Crippen LogP contribution in [0.4, 0.5) is 0 Å². The molecule has 4 heteroatoms. The van der Waals surface area contributed by atoms with Crippen LogP contribution < -0.4 is 10.1 Å². The number of nitrogens with one attached hydrogen (secondary N) is 1. The highest BCUT2D eigenvalue weighted by atomic mass is 16.5. The van der Waals surface area contributed by atoms with Crippen LogP contribution in [-0.4, -0.2) is 11.7 Å². The number of para-hydroxylation sites is 1. The first kappa shape index (κ1) is 14.9. The van der Waals surface area contributed by atoms with Gasteiger partial charge in [-0.25, -0.2) is 0 Å². The topological polar surface area (TPSA) is 65.3 Å². The molecule has 0 heterocycles. The van der Waals surface area contributed by atoms with Crippen molar-refractivity contribution in [2.24, 2.45) is 0 Å². The lowest BCUT2D eigenvalue weighted by Gasteiger charge is -2.16. The first-order valence-electron chi connectivity index (χ1n) is 6.80. The number of nitriles is 1. The van der Waals surface area contributed by atoms with Crippen LogP contribution in [0.5, 0.6) is 11.5 Å². The predicted molar refractivity (Wildman–Crippen MR) is 80.9 cm³/mol. The summed E-state index contributed by atoms with van der Waals surface area (Å²) in [5, 5.41) is 21.5. The summed E-state index contributed by atoms with van der Waals surface area (Å²) in [5.74, 6) is 0.980.